The van der Waals surface area contributed by atoms with Gasteiger partial charge >= 0.3 is 0 Å². The van der Waals surface area contributed by atoms with Crippen molar-refractivity contribution in [2.75, 3.05) is 13.1 Å². The second-order valence-corrected chi connectivity index (χ2v) is 4.68. The van der Waals surface area contributed by atoms with Crippen molar-refractivity contribution in [3.8, 4) is 0 Å². The van der Waals surface area contributed by atoms with Gasteiger partial charge < -0.3 is 10.1 Å². The average Bonchev–Trinajstić information content (AvgIpc) is 2.34. The third kappa shape index (κ3) is 2.45. The van der Waals surface area contributed by atoms with Gasteiger partial charge in [-0.1, -0.05) is 29.8 Å². The highest BCUT2D eigenvalue weighted by Crippen LogP contribution is 2.33. The fraction of sp³-hybridized carbons (Fsp3) is 0.462. The number of rotatable bonds is 3. The minimum absolute atomic E-state index is 0.0456. The Labute approximate surface area is 101 Å². The molecular formula is C13H16ClNO. The third-order valence-electron chi connectivity index (χ3n) is 3.30. The molecule has 1 atom stereocenters. The van der Waals surface area contributed by atoms with Gasteiger partial charge in [0.25, 0.3) is 0 Å². The maximum Gasteiger partial charge on any atom is 0.127 e. The summed E-state index contributed by atoms with van der Waals surface area (Å²) in [6.07, 6.45) is 3.15. The molecule has 16 heavy (non-hydrogen) atoms. The summed E-state index contributed by atoms with van der Waals surface area (Å²) in [4.78, 5) is 11.3. The van der Waals surface area contributed by atoms with Crippen molar-refractivity contribution in [3.63, 3.8) is 0 Å². The molecule has 2 rings (SSSR count). The van der Waals surface area contributed by atoms with E-state index < -0.39 is 0 Å². The number of piperidine rings is 1. The standard InChI is InChI=1S/C13H16ClNO/c14-13-4-2-1-3-11(13)12(9-16)10-5-7-15-8-6-10/h1-4,9-10,12,15H,5-8H2. The lowest BCUT2D eigenvalue weighted by atomic mass is 9.81. The predicted molar refractivity (Wildman–Crippen MR) is 65.9 cm³/mol. The van der Waals surface area contributed by atoms with Gasteiger partial charge in [0.1, 0.15) is 6.29 Å². The number of hydrogen-bond acceptors (Lipinski definition) is 2. The predicted octanol–water partition coefficient (Wildman–Crippen LogP) is 2.62. The molecule has 0 aliphatic carbocycles. The monoisotopic (exact) mass is 237 g/mol. The van der Waals surface area contributed by atoms with Gasteiger partial charge in [-0.05, 0) is 43.5 Å². The van der Waals surface area contributed by atoms with Gasteiger partial charge in [0.15, 0.2) is 0 Å². The van der Waals surface area contributed by atoms with Crippen LogP contribution >= 0.6 is 11.6 Å². The van der Waals surface area contributed by atoms with Crippen LogP contribution in [0.2, 0.25) is 5.02 Å². The minimum Gasteiger partial charge on any atom is -0.317 e. The molecule has 1 aromatic carbocycles. The number of halogens is 1. The number of nitrogens with one attached hydrogen (secondary N) is 1. The van der Waals surface area contributed by atoms with Crippen molar-refractivity contribution in [2.45, 2.75) is 18.8 Å². The maximum absolute atomic E-state index is 11.3. The van der Waals surface area contributed by atoms with E-state index in [4.69, 9.17) is 11.6 Å². The Kier molecular flexibility index (Phi) is 3.97. The molecule has 1 aliphatic rings. The van der Waals surface area contributed by atoms with Gasteiger partial charge in [-0.15, -0.1) is 0 Å². The van der Waals surface area contributed by atoms with Crippen molar-refractivity contribution >= 4 is 17.9 Å². The van der Waals surface area contributed by atoms with Crippen LogP contribution in [0.1, 0.15) is 24.3 Å². The lowest BCUT2D eigenvalue weighted by Crippen LogP contribution is -2.31. The van der Waals surface area contributed by atoms with Crippen LogP contribution in [0, 0.1) is 5.92 Å². The molecule has 1 N–H and O–H groups in total. The molecule has 0 bridgehead atoms. The molecule has 0 spiro atoms. The molecule has 3 heteroatoms. The highest BCUT2D eigenvalue weighted by Gasteiger charge is 2.25. The first-order chi connectivity index (χ1) is 7.83. The molecule has 0 radical (unpaired) electrons. The highest BCUT2D eigenvalue weighted by atomic mass is 35.5. The fourth-order valence-electron chi connectivity index (χ4n) is 2.39. The van der Waals surface area contributed by atoms with Crippen LogP contribution in [-0.4, -0.2) is 19.4 Å². The molecule has 1 saturated heterocycles. The Morgan fingerprint density at radius 2 is 2.00 bits per heavy atom. The Morgan fingerprint density at radius 3 is 2.62 bits per heavy atom. The molecule has 0 saturated carbocycles. The molecule has 1 aliphatic heterocycles. The second-order valence-electron chi connectivity index (χ2n) is 4.27. The van der Waals surface area contributed by atoms with Crippen molar-refractivity contribution in [2.24, 2.45) is 5.92 Å². The zero-order chi connectivity index (χ0) is 11.4. The van der Waals surface area contributed by atoms with Gasteiger partial charge in [0.05, 0.1) is 0 Å². The third-order valence-corrected chi connectivity index (χ3v) is 3.65. The largest absolute Gasteiger partial charge is 0.317 e. The van der Waals surface area contributed by atoms with Crippen molar-refractivity contribution < 1.29 is 4.79 Å². The molecule has 1 unspecified atom stereocenters. The number of hydrogen-bond donors (Lipinski definition) is 1. The number of aldehydes is 1. The Morgan fingerprint density at radius 1 is 1.31 bits per heavy atom. The zero-order valence-electron chi connectivity index (χ0n) is 9.16. The van der Waals surface area contributed by atoms with Crippen molar-refractivity contribution in [1.29, 1.82) is 0 Å². The molecule has 0 aromatic heterocycles. The SMILES string of the molecule is O=CC(c1ccccc1Cl)C1CCNCC1. The first-order valence-corrected chi connectivity index (χ1v) is 6.11. The van der Waals surface area contributed by atoms with Crippen LogP contribution in [0.25, 0.3) is 0 Å². The van der Waals surface area contributed by atoms with Gasteiger partial charge in [-0.2, -0.15) is 0 Å². The molecule has 1 aromatic rings. The van der Waals surface area contributed by atoms with Gasteiger partial charge in [-0.25, -0.2) is 0 Å². The van der Waals surface area contributed by atoms with Crippen LogP contribution in [0.5, 0.6) is 0 Å². The number of carbonyl (C=O) groups excluding carboxylic acids is 1. The summed E-state index contributed by atoms with van der Waals surface area (Å²) in [6.45, 7) is 2.00. The summed E-state index contributed by atoms with van der Waals surface area (Å²) < 4.78 is 0. The molecule has 86 valence electrons. The maximum atomic E-state index is 11.3. The van der Waals surface area contributed by atoms with E-state index in [1.807, 2.05) is 24.3 Å². The van der Waals surface area contributed by atoms with Crippen molar-refractivity contribution in [3.05, 3.63) is 34.9 Å². The van der Waals surface area contributed by atoms with Gasteiger partial charge in [0.2, 0.25) is 0 Å². The van der Waals surface area contributed by atoms with E-state index in [1.54, 1.807) is 0 Å². The average molecular weight is 238 g/mol. The Bertz CT molecular complexity index is 361. The fourth-order valence-corrected chi connectivity index (χ4v) is 2.65. The van der Waals surface area contributed by atoms with E-state index in [0.29, 0.717) is 10.9 Å². The van der Waals surface area contributed by atoms with E-state index in [-0.39, 0.29) is 5.92 Å². The second kappa shape index (κ2) is 5.46. The quantitative estimate of drug-likeness (QED) is 0.819. The Balaban J connectivity index is 2.21. The first kappa shape index (κ1) is 11.6. The summed E-state index contributed by atoms with van der Waals surface area (Å²) in [5.74, 6) is 0.384. The minimum atomic E-state index is -0.0456. The summed E-state index contributed by atoms with van der Waals surface area (Å²) in [5.41, 5.74) is 0.978. The van der Waals surface area contributed by atoms with E-state index in [1.165, 1.54) is 0 Å². The van der Waals surface area contributed by atoms with E-state index in [0.717, 1.165) is 37.8 Å². The smallest absolute Gasteiger partial charge is 0.127 e. The van der Waals surface area contributed by atoms with Gasteiger partial charge in [0, 0.05) is 10.9 Å². The van der Waals surface area contributed by atoms with Crippen LogP contribution < -0.4 is 5.32 Å². The normalized spacial score (nSPS) is 19.3. The molecule has 2 nitrogen and oxygen atoms in total. The van der Waals surface area contributed by atoms with Crippen molar-refractivity contribution in [1.82, 2.24) is 5.32 Å². The highest BCUT2D eigenvalue weighted by molar-refractivity contribution is 6.31. The van der Waals surface area contributed by atoms with Crippen LogP contribution in [0.4, 0.5) is 0 Å². The lowest BCUT2D eigenvalue weighted by molar-refractivity contribution is -0.110. The van der Waals surface area contributed by atoms with Gasteiger partial charge in [-0.3, -0.25) is 0 Å². The number of carbonyl (C=O) groups is 1. The molecular weight excluding hydrogens is 222 g/mol. The van der Waals surface area contributed by atoms with Crippen LogP contribution in [0.15, 0.2) is 24.3 Å². The summed E-state index contributed by atoms with van der Waals surface area (Å²) >= 11 is 6.14. The summed E-state index contributed by atoms with van der Waals surface area (Å²) in [7, 11) is 0. The van der Waals surface area contributed by atoms with Crippen LogP contribution in [0.3, 0.4) is 0 Å². The summed E-state index contributed by atoms with van der Waals surface area (Å²) in [6, 6.07) is 7.66. The summed E-state index contributed by atoms with van der Waals surface area (Å²) in [5, 5.41) is 4.02. The van der Waals surface area contributed by atoms with E-state index in [9.17, 15) is 4.79 Å². The topological polar surface area (TPSA) is 29.1 Å². The molecule has 1 fully saturated rings. The van der Waals surface area contributed by atoms with E-state index in [2.05, 4.69) is 5.32 Å². The lowest BCUT2D eigenvalue weighted by Gasteiger charge is -2.28. The Hall–Kier alpha value is -0.860. The molecule has 0 amide bonds. The number of benzene rings is 1. The van der Waals surface area contributed by atoms with Crippen LogP contribution in [-0.2, 0) is 4.79 Å². The zero-order valence-corrected chi connectivity index (χ0v) is 9.91. The first-order valence-electron chi connectivity index (χ1n) is 5.73. The molecule has 1 heterocycles. The van der Waals surface area contributed by atoms with E-state index >= 15 is 0 Å².